The zero-order valence-corrected chi connectivity index (χ0v) is 9.04. The van der Waals surface area contributed by atoms with E-state index in [0.29, 0.717) is 16.0 Å². The van der Waals surface area contributed by atoms with Crippen molar-refractivity contribution in [3.05, 3.63) is 59.4 Å². The van der Waals surface area contributed by atoms with Gasteiger partial charge in [-0.15, -0.1) is 0 Å². The third-order valence-electron chi connectivity index (χ3n) is 2.43. The highest BCUT2D eigenvalue weighted by Gasteiger charge is 2.16. The fourth-order valence-corrected chi connectivity index (χ4v) is 1.75. The fourth-order valence-electron chi connectivity index (χ4n) is 1.75. The minimum Gasteiger partial charge on any atom is -0.618 e. The van der Waals surface area contributed by atoms with Crippen molar-refractivity contribution in [2.75, 3.05) is 0 Å². The quantitative estimate of drug-likeness (QED) is 0.642. The summed E-state index contributed by atoms with van der Waals surface area (Å²) in [7, 11) is 0. The molecule has 0 fully saturated rings. The summed E-state index contributed by atoms with van der Waals surface area (Å²) in [6.07, 6.45) is 1.21. The van der Waals surface area contributed by atoms with Gasteiger partial charge in [-0.05, 0) is 18.2 Å². The molecule has 0 atom stereocenters. The zero-order chi connectivity index (χ0) is 12.3. The number of carboxylic acid groups (broad SMARTS) is 1. The fraction of sp³-hybridized carbons (Fsp3) is 0.0769. The Bertz CT molecular complexity index is 538. The number of carboxylic acids is 1. The maximum absolute atomic E-state index is 11.7. The van der Waals surface area contributed by atoms with Gasteiger partial charge in [-0.1, -0.05) is 18.2 Å². The topological polar surface area (TPSA) is 64.2 Å². The largest absolute Gasteiger partial charge is 0.618 e. The van der Waals surface area contributed by atoms with E-state index in [4.69, 9.17) is 5.11 Å². The molecular formula is C13H11NO3. The average molecular weight is 229 g/mol. The van der Waals surface area contributed by atoms with Crippen LogP contribution in [0.1, 0.15) is 5.56 Å². The number of pyridine rings is 1. The Balaban J connectivity index is 2.55. The molecule has 0 aliphatic rings. The van der Waals surface area contributed by atoms with Crippen LogP contribution in [0.25, 0.3) is 11.3 Å². The van der Waals surface area contributed by atoms with Crippen molar-refractivity contribution in [2.24, 2.45) is 0 Å². The number of rotatable bonds is 3. The first-order chi connectivity index (χ1) is 8.18. The van der Waals surface area contributed by atoms with Gasteiger partial charge in [0.05, 0.1) is 6.42 Å². The van der Waals surface area contributed by atoms with Gasteiger partial charge < -0.3 is 10.3 Å². The molecule has 4 heteroatoms. The Morgan fingerprint density at radius 2 is 1.88 bits per heavy atom. The van der Waals surface area contributed by atoms with Crippen LogP contribution in [0, 0.1) is 5.21 Å². The van der Waals surface area contributed by atoms with Crippen molar-refractivity contribution in [1.29, 1.82) is 0 Å². The van der Waals surface area contributed by atoms with Gasteiger partial charge in [0.1, 0.15) is 0 Å². The van der Waals surface area contributed by atoms with Crippen LogP contribution in [0.3, 0.4) is 0 Å². The van der Waals surface area contributed by atoms with E-state index in [-0.39, 0.29) is 6.42 Å². The number of hydrogen-bond donors (Lipinski definition) is 1. The van der Waals surface area contributed by atoms with Crippen LogP contribution in [-0.4, -0.2) is 11.1 Å². The maximum atomic E-state index is 11.7. The van der Waals surface area contributed by atoms with Gasteiger partial charge in [-0.3, -0.25) is 4.79 Å². The minimum absolute atomic E-state index is 0.159. The van der Waals surface area contributed by atoms with E-state index in [0.717, 1.165) is 5.56 Å². The lowest BCUT2D eigenvalue weighted by Gasteiger charge is -2.08. The monoisotopic (exact) mass is 229 g/mol. The summed E-state index contributed by atoms with van der Waals surface area (Å²) in [6, 6.07) is 12.3. The summed E-state index contributed by atoms with van der Waals surface area (Å²) in [5, 5.41) is 20.6. The lowest BCUT2D eigenvalue weighted by Crippen LogP contribution is -2.30. The van der Waals surface area contributed by atoms with Crippen LogP contribution < -0.4 is 4.73 Å². The SMILES string of the molecule is O=C(O)Cc1ccc[n+]([O-])c1-c1ccccc1. The molecule has 0 amide bonds. The van der Waals surface area contributed by atoms with Gasteiger partial charge in [-0.2, -0.15) is 4.73 Å². The van der Waals surface area contributed by atoms with E-state index in [2.05, 4.69) is 0 Å². The summed E-state index contributed by atoms with van der Waals surface area (Å²) >= 11 is 0. The lowest BCUT2D eigenvalue weighted by molar-refractivity contribution is -0.594. The highest BCUT2D eigenvalue weighted by molar-refractivity contribution is 5.73. The van der Waals surface area contributed by atoms with Crippen LogP contribution >= 0.6 is 0 Å². The smallest absolute Gasteiger partial charge is 0.308 e. The van der Waals surface area contributed by atoms with Gasteiger partial charge in [0.2, 0.25) is 5.69 Å². The molecule has 0 radical (unpaired) electrons. The van der Waals surface area contributed by atoms with Crippen molar-refractivity contribution >= 4 is 5.97 Å². The Morgan fingerprint density at radius 3 is 2.53 bits per heavy atom. The predicted molar refractivity (Wildman–Crippen MR) is 62.2 cm³/mol. The molecule has 0 bridgehead atoms. The molecule has 1 aromatic heterocycles. The second kappa shape index (κ2) is 4.65. The third-order valence-corrected chi connectivity index (χ3v) is 2.43. The first-order valence-electron chi connectivity index (χ1n) is 5.17. The highest BCUT2D eigenvalue weighted by atomic mass is 16.5. The van der Waals surface area contributed by atoms with E-state index in [1.165, 1.54) is 6.20 Å². The molecule has 4 nitrogen and oxygen atoms in total. The van der Waals surface area contributed by atoms with Crippen LogP contribution in [-0.2, 0) is 11.2 Å². The van der Waals surface area contributed by atoms with Crippen molar-refractivity contribution in [1.82, 2.24) is 0 Å². The number of aromatic nitrogens is 1. The zero-order valence-electron chi connectivity index (χ0n) is 9.04. The van der Waals surface area contributed by atoms with E-state index in [9.17, 15) is 10.0 Å². The molecule has 17 heavy (non-hydrogen) atoms. The van der Waals surface area contributed by atoms with E-state index in [1.807, 2.05) is 18.2 Å². The number of carbonyl (C=O) groups is 1. The Hall–Kier alpha value is -2.36. The van der Waals surface area contributed by atoms with Crippen molar-refractivity contribution in [3.8, 4) is 11.3 Å². The molecule has 1 N–H and O–H groups in total. The minimum atomic E-state index is -0.951. The van der Waals surface area contributed by atoms with Crippen molar-refractivity contribution in [2.45, 2.75) is 6.42 Å². The van der Waals surface area contributed by atoms with Crippen LogP contribution in [0.15, 0.2) is 48.7 Å². The first-order valence-corrected chi connectivity index (χ1v) is 5.17. The molecule has 0 spiro atoms. The van der Waals surface area contributed by atoms with E-state index < -0.39 is 5.97 Å². The normalized spacial score (nSPS) is 10.1. The van der Waals surface area contributed by atoms with Gasteiger partial charge in [-0.25, -0.2) is 0 Å². The van der Waals surface area contributed by atoms with Gasteiger partial charge in [0.25, 0.3) is 0 Å². The summed E-state index contributed by atoms with van der Waals surface area (Å²) in [5.74, 6) is -0.951. The third kappa shape index (κ3) is 2.42. The van der Waals surface area contributed by atoms with Crippen molar-refractivity contribution < 1.29 is 14.6 Å². The molecule has 1 aromatic carbocycles. The van der Waals surface area contributed by atoms with Crippen molar-refractivity contribution in [3.63, 3.8) is 0 Å². The predicted octanol–water partition coefficient (Wildman–Crippen LogP) is 1.61. The summed E-state index contributed by atoms with van der Waals surface area (Å²) in [4.78, 5) is 10.8. The Kier molecular flexibility index (Phi) is 3.05. The van der Waals surface area contributed by atoms with Crippen LogP contribution in [0.4, 0.5) is 0 Å². The first kappa shape index (κ1) is 11.1. The van der Waals surface area contributed by atoms with Gasteiger partial charge in [0, 0.05) is 17.2 Å². The standard InChI is InChI=1S/C13H11NO3/c15-12(16)9-11-7-4-8-14(17)13(11)10-5-2-1-3-6-10/h1-8H,9H2,(H,15,16). The number of nitrogens with zero attached hydrogens (tertiary/aromatic N) is 1. The van der Waals surface area contributed by atoms with E-state index in [1.54, 1.807) is 24.3 Å². The number of hydrogen-bond acceptors (Lipinski definition) is 2. The maximum Gasteiger partial charge on any atom is 0.308 e. The molecule has 0 unspecified atom stereocenters. The van der Waals surface area contributed by atoms with Crippen LogP contribution in [0.5, 0.6) is 0 Å². The molecule has 1 heterocycles. The molecule has 0 saturated heterocycles. The molecule has 2 rings (SSSR count). The lowest BCUT2D eigenvalue weighted by atomic mass is 10.0. The molecule has 0 aliphatic carbocycles. The molecular weight excluding hydrogens is 218 g/mol. The molecule has 86 valence electrons. The molecule has 2 aromatic rings. The highest BCUT2D eigenvalue weighted by Crippen LogP contribution is 2.19. The second-order valence-corrected chi connectivity index (χ2v) is 3.64. The number of benzene rings is 1. The number of aliphatic carboxylic acids is 1. The average Bonchev–Trinajstić information content (AvgIpc) is 2.29. The van der Waals surface area contributed by atoms with Gasteiger partial charge in [0.15, 0.2) is 6.20 Å². The van der Waals surface area contributed by atoms with Crippen LogP contribution in [0.2, 0.25) is 0 Å². The summed E-state index contributed by atoms with van der Waals surface area (Å²) in [6.45, 7) is 0. The van der Waals surface area contributed by atoms with Gasteiger partial charge >= 0.3 is 5.97 Å². The summed E-state index contributed by atoms with van der Waals surface area (Å²) in [5.41, 5.74) is 1.64. The second-order valence-electron chi connectivity index (χ2n) is 3.64. The Labute approximate surface area is 98.4 Å². The Morgan fingerprint density at radius 1 is 1.18 bits per heavy atom. The van der Waals surface area contributed by atoms with E-state index >= 15 is 0 Å². The summed E-state index contributed by atoms with van der Waals surface area (Å²) < 4.78 is 0.702. The molecule has 0 saturated carbocycles. The molecule has 0 aliphatic heterocycles.